The van der Waals surface area contributed by atoms with Gasteiger partial charge in [-0.2, -0.15) is 5.26 Å². The standard InChI is InChI=1S/C7H5N/c8-6-5-7-3-1-2-4-7/h1-3H,5H2. The summed E-state index contributed by atoms with van der Waals surface area (Å²) in [5.41, 5.74) is 3.89. The van der Waals surface area contributed by atoms with Crippen LogP contribution in [0.1, 0.15) is 6.42 Å². The monoisotopic (exact) mass is 103 g/mol. The summed E-state index contributed by atoms with van der Waals surface area (Å²) in [5.74, 6) is 0. The number of nitrogens with zero attached hydrogens (tertiary/aromatic N) is 1. The Morgan fingerprint density at radius 1 is 1.75 bits per heavy atom. The highest BCUT2D eigenvalue weighted by molar-refractivity contribution is 5.30. The molecular formula is C7H5N. The molecule has 0 heterocycles. The number of allylic oxidation sites excluding steroid dienone is 3. The molecule has 0 unspecified atom stereocenters. The van der Waals surface area contributed by atoms with Crippen LogP contribution in [0.2, 0.25) is 0 Å². The molecule has 0 aromatic carbocycles. The second kappa shape index (κ2) is 2.16. The minimum Gasteiger partial charge on any atom is -0.198 e. The van der Waals surface area contributed by atoms with Crippen molar-refractivity contribution >= 4 is 0 Å². The fraction of sp³-hybridized carbons (Fsp3) is 0.143. The highest BCUT2D eigenvalue weighted by atomic mass is 14.2. The average molecular weight is 103 g/mol. The lowest BCUT2D eigenvalue weighted by Gasteiger charge is -1.78. The largest absolute Gasteiger partial charge is 0.198 e. The van der Waals surface area contributed by atoms with Gasteiger partial charge in [-0.3, -0.25) is 0 Å². The van der Waals surface area contributed by atoms with Crippen LogP contribution in [0.3, 0.4) is 0 Å². The summed E-state index contributed by atoms with van der Waals surface area (Å²) in [6, 6.07) is 2.04. The number of hydrogen-bond donors (Lipinski definition) is 0. The molecule has 0 fully saturated rings. The van der Waals surface area contributed by atoms with Gasteiger partial charge in [0.15, 0.2) is 0 Å². The van der Waals surface area contributed by atoms with Crippen molar-refractivity contribution in [3.05, 3.63) is 29.5 Å². The van der Waals surface area contributed by atoms with E-state index in [0.29, 0.717) is 6.42 Å². The number of nitriles is 1. The van der Waals surface area contributed by atoms with Crippen LogP contribution in [0.4, 0.5) is 0 Å². The number of rotatable bonds is 1. The highest BCUT2D eigenvalue weighted by Gasteiger charge is 1.89. The first-order valence-corrected chi connectivity index (χ1v) is 2.42. The van der Waals surface area contributed by atoms with Crippen molar-refractivity contribution in [2.45, 2.75) is 6.42 Å². The average Bonchev–Trinajstić information content (AvgIpc) is 2.19. The second-order valence-electron chi connectivity index (χ2n) is 1.53. The minimum atomic E-state index is 0.479. The molecular weight excluding hydrogens is 98.1 g/mol. The van der Waals surface area contributed by atoms with Gasteiger partial charge in [0.2, 0.25) is 0 Å². The lowest BCUT2D eigenvalue weighted by Crippen LogP contribution is -1.66. The Balaban J connectivity index is 2.64. The molecule has 0 atom stereocenters. The van der Waals surface area contributed by atoms with Gasteiger partial charge in [-0.05, 0) is 12.2 Å². The Morgan fingerprint density at radius 2 is 2.62 bits per heavy atom. The summed E-state index contributed by atoms with van der Waals surface area (Å²) in [6.45, 7) is 0. The Labute approximate surface area is 48.2 Å². The van der Waals surface area contributed by atoms with Crippen molar-refractivity contribution < 1.29 is 0 Å². The van der Waals surface area contributed by atoms with Crippen LogP contribution in [0.5, 0.6) is 0 Å². The van der Waals surface area contributed by atoms with Crippen molar-refractivity contribution in [2.24, 2.45) is 0 Å². The zero-order valence-electron chi connectivity index (χ0n) is 4.39. The van der Waals surface area contributed by atoms with E-state index in [1.54, 1.807) is 0 Å². The van der Waals surface area contributed by atoms with E-state index in [9.17, 15) is 0 Å². The van der Waals surface area contributed by atoms with E-state index in [1.165, 1.54) is 0 Å². The first-order valence-electron chi connectivity index (χ1n) is 2.42. The van der Waals surface area contributed by atoms with E-state index < -0.39 is 0 Å². The Morgan fingerprint density at radius 3 is 3.12 bits per heavy atom. The van der Waals surface area contributed by atoms with Gasteiger partial charge in [-0.1, -0.05) is 6.08 Å². The van der Waals surface area contributed by atoms with Gasteiger partial charge in [0, 0.05) is 5.57 Å². The topological polar surface area (TPSA) is 23.8 Å². The van der Waals surface area contributed by atoms with Gasteiger partial charge in [0.1, 0.15) is 0 Å². The molecule has 1 nitrogen and oxygen atoms in total. The van der Waals surface area contributed by atoms with E-state index in [1.807, 2.05) is 24.3 Å². The lowest BCUT2D eigenvalue weighted by atomic mass is 10.2. The van der Waals surface area contributed by atoms with E-state index in [2.05, 4.69) is 5.73 Å². The van der Waals surface area contributed by atoms with Crippen LogP contribution in [0, 0.1) is 11.3 Å². The molecule has 1 aliphatic carbocycles. The normalized spacial score (nSPS) is 13.6. The fourth-order valence-corrected chi connectivity index (χ4v) is 0.563. The van der Waals surface area contributed by atoms with E-state index in [0.717, 1.165) is 5.57 Å². The highest BCUT2D eigenvalue weighted by Crippen LogP contribution is 2.04. The molecule has 0 spiro atoms. The summed E-state index contributed by atoms with van der Waals surface area (Å²) in [5, 5.41) is 8.17. The van der Waals surface area contributed by atoms with Gasteiger partial charge >= 0.3 is 0 Å². The van der Waals surface area contributed by atoms with Crippen molar-refractivity contribution in [1.29, 1.82) is 5.26 Å². The van der Waals surface area contributed by atoms with Crippen LogP contribution in [0.25, 0.3) is 0 Å². The van der Waals surface area contributed by atoms with Crippen LogP contribution in [-0.2, 0) is 0 Å². The molecule has 0 radical (unpaired) electrons. The maximum atomic E-state index is 8.17. The lowest BCUT2D eigenvalue weighted by molar-refractivity contribution is 1.29. The van der Waals surface area contributed by atoms with Gasteiger partial charge in [0.25, 0.3) is 0 Å². The van der Waals surface area contributed by atoms with Crippen molar-refractivity contribution in [1.82, 2.24) is 0 Å². The molecule has 1 rings (SSSR count). The zero-order valence-corrected chi connectivity index (χ0v) is 4.39. The molecule has 8 heavy (non-hydrogen) atoms. The summed E-state index contributed by atoms with van der Waals surface area (Å²) < 4.78 is 0. The maximum Gasteiger partial charge on any atom is 0.0676 e. The number of hydrogen-bond acceptors (Lipinski definition) is 1. The van der Waals surface area contributed by atoms with Gasteiger partial charge in [0.05, 0.1) is 12.5 Å². The first kappa shape index (κ1) is 4.90. The predicted molar refractivity (Wildman–Crippen MR) is 31.0 cm³/mol. The van der Waals surface area contributed by atoms with Crippen molar-refractivity contribution in [3.8, 4) is 6.07 Å². The first-order chi connectivity index (χ1) is 3.93. The third-order valence-corrected chi connectivity index (χ3v) is 0.932. The molecule has 38 valence electrons. The van der Waals surface area contributed by atoms with Crippen LogP contribution >= 0.6 is 0 Å². The SMILES string of the molecule is N#CCC1=C=CC=C1. The van der Waals surface area contributed by atoms with E-state index in [-0.39, 0.29) is 0 Å². The predicted octanol–water partition coefficient (Wildman–Crippen LogP) is 1.55. The zero-order chi connectivity index (χ0) is 5.82. The molecule has 0 amide bonds. The quantitative estimate of drug-likeness (QED) is 0.462. The second-order valence-corrected chi connectivity index (χ2v) is 1.53. The van der Waals surface area contributed by atoms with E-state index >= 15 is 0 Å². The molecule has 0 aliphatic heterocycles. The summed E-state index contributed by atoms with van der Waals surface area (Å²) in [6.07, 6.45) is 6.07. The molecule has 1 heteroatoms. The minimum absolute atomic E-state index is 0.479. The van der Waals surface area contributed by atoms with Gasteiger partial charge in [-0.25, -0.2) is 0 Å². The van der Waals surface area contributed by atoms with Crippen molar-refractivity contribution in [2.75, 3.05) is 0 Å². The Bertz CT molecular complexity index is 209. The van der Waals surface area contributed by atoms with Gasteiger partial charge < -0.3 is 0 Å². The molecule has 1 aliphatic rings. The molecule has 0 N–H and O–H groups in total. The summed E-state index contributed by atoms with van der Waals surface area (Å²) >= 11 is 0. The fourth-order valence-electron chi connectivity index (χ4n) is 0.563. The molecule has 0 saturated heterocycles. The molecule has 0 bridgehead atoms. The third-order valence-electron chi connectivity index (χ3n) is 0.932. The van der Waals surface area contributed by atoms with Gasteiger partial charge in [-0.15, -0.1) is 5.73 Å². The van der Waals surface area contributed by atoms with Crippen LogP contribution < -0.4 is 0 Å². The molecule has 0 aromatic heterocycles. The van der Waals surface area contributed by atoms with E-state index in [4.69, 9.17) is 5.26 Å². The summed E-state index contributed by atoms with van der Waals surface area (Å²) in [4.78, 5) is 0. The molecule has 0 aromatic rings. The maximum absolute atomic E-state index is 8.17. The third kappa shape index (κ3) is 0.872. The van der Waals surface area contributed by atoms with Crippen LogP contribution in [-0.4, -0.2) is 0 Å². The Hall–Kier alpha value is -1.25. The molecule has 0 saturated carbocycles. The Kier molecular flexibility index (Phi) is 1.32. The van der Waals surface area contributed by atoms with Crippen LogP contribution in [0.15, 0.2) is 29.5 Å². The van der Waals surface area contributed by atoms with Crippen molar-refractivity contribution in [3.63, 3.8) is 0 Å². The summed E-state index contributed by atoms with van der Waals surface area (Å²) in [7, 11) is 0. The smallest absolute Gasteiger partial charge is 0.0676 e.